The maximum absolute atomic E-state index is 13.6. The molecule has 0 radical (unpaired) electrons. The number of carbonyl (C=O) groups is 3. The number of azide groups is 1. The molecule has 45 heavy (non-hydrogen) atoms. The third-order valence-corrected chi connectivity index (χ3v) is 9.97. The van der Waals surface area contributed by atoms with Crippen LogP contribution in [-0.4, -0.2) is 68.6 Å². The van der Waals surface area contributed by atoms with Crippen molar-refractivity contribution in [3.63, 3.8) is 0 Å². The van der Waals surface area contributed by atoms with Gasteiger partial charge in [-0.1, -0.05) is 35.1 Å². The van der Waals surface area contributed by atoms with Crippen LogP contribution >= 0.6 is 23.1 Å². The summed E-state index contributed by atoms with van der Waals surface area (Å²) in [6, 6.07) is 5.25. The summed E-state index contributed by atoms with van der Waals surface area (Å²) in [5.41, 5.74) is 9.60. The van der Waals surface area contributed by atoms with Crippen LogP contribution in [0.2, 0.25) is 0 Å². The summed E-state index contributed by atoms with van der Waals surface area (Å²) in [6.45, 7) is 4.10. The predicted molar refractivity (Wildman–Crippen MR) is 164 cm³/mol. The summed E-state index contributed by atoms with van der Waals surface area (Å²) in [5.74, 6) is -2.18. The number of thioether (sulfide) groups is 1. The number of non-ortho nitro benzene ring substituents is 1. The van der Waals surface area contributed by atoms with Crippen molar-refractivity contribution in [2.24, 2.45) is 17.0 Å². The molecule has 2 aliphatic rings. The number of amides is 2. The molecule has 4 atom stereocenters. The molecule has 1 fully saturated rings. The van der Waals surface area contributed by atoms with E-state index in [1.165, 1.54) is 52.3 Å². The van der Waals surface area contributed by atoms with Crippen LogP contribution in [0.1, 0.15) is 30.7 Å². The summed E-state index contributed by atoms with van der Waals surface area (Å²) in [6.07, 6.45) is 5.19. The van der Waals surface area contributed by atoms with Gasteiger partial charge in [0.1, 0.15) is 18.5 Å². The average molecular weight is 656 g/mol. The van der Waals surface area contributed by atoms with Gasteiger partial charge in [-0.15, -0.1) is 0 Å². The number of aromatic nitrogens is 2. The van der Waals surface area contributed by atoms with Gasteiger partial charge in [0, 0.05) is 41.6 Å². The van der Waals surface area contributed by atoms with Gasteiger partial charge in [-0.2, -0.15) is 4.40 Å². The number of benzene rings is 1. The molecular weight excluding hydrogens is 624 g/mol. The molecule has 0 aliphatic carbocycles. The van der Waals surface area contributed by atoms with Crippen molar-refractivity contribution >= 4 is 57.0 Å². The number of nitrogens with one attached hydrogen (secondary N) is 1. The number of esters is 1. The largest absolute Gasteiger partial charge is 0.456 e. The second kappa shape index (κ2) is 13.3. The maximum atomic E-state index is 13.6. The van der Waals surface area contributed by atoms with E-state index in [0.29, 0.717) is 30.6 Å². The topological polar surface area (TPSA) is 196 Å². The highest BCUT2D eigenvalue weighted by Gasteiger charge is 2.60. The molecule has 2 aliphatic heterocycles. The van der Waals surface area contributed by atoms with Crippen molar-refractivity contribution in [2.75, 3.05) is 19.3 Å². The Morgan fingerprint density at radius 3 is 2.73 bits per heavy atom. The molecule has 0 saturated carbocycles. The number of fused-ring (bicyclic) bond motifs is 2. The molecule has 4 heterocycles. The van der Waals surface area contributed by atoms with Gasteiger partial charge < -0.3 is 20.1 Å². The fourth-order valence-corrected chi connectivity index (χ4v) is 8.00. The van der Waals surface area contributed by atoms with Crippen LogP contribution < -0.4 is 9.88 Å². The molecule has 3 aromatic rings. The number of β-lactam (4-membered cyclic amide) rings is 1. The average Bonchev–Trinajstić information content (AvgIpc) is 3.62. The van der Waals surface area contributed by atoms with Gasteiger partial charge in [0.2, 0.25) is 15.8 Å². The van der Waals surface area contributed by atoms with E-state index in [2.05, 4.69) is 15.3 Å². The number of carbonyl (C=O) groups excluding carboxylic acids is 3. The highest BCUT2D eigenvalue weighted by molar-refractivity contribution is 7.98. The molecule has 2 aromatic heterocycles. The molecule has 15 nitrogen and oxygen atoms in total. The van der Waals surface area contributed by atoms with Crippen LogP contribution in [0.25, 0.3) is 20.8 Å². The van der Waals surface area contributed by atoms with Crippen LogP contribution in [0.4, 0.5) is 5.69 Å². The molecule has 5 rings (SSSR count). The summed E-state index contributed by atoms with van der Waals surface area (Å²) >= 11 is 2.89. The highest BCUT2D eigenvalue weighted by atomic mass is 32.2. The minimum atomic E-state index is -0.899. The zero-order chi connectivity index (χ0) is 32.4. The van der Waals surface area contributed by atoms with Crippen LogP contribution in [0.15, 0.2) is 52.6 Å². The number of aliphatic hydroxyl groups excluding tert-OH is 1. The zero-order valence-corrected chi connectivity index (χ0v) is 26.3. The Morgan fingerprint density at radius 1 is 1.36 bits per heavy atom. The second-order valence-corrected chi connectivity index (χ2v) is 12.6. The first-order valence-electron chi connectivity index (χ1n) is 14.1. The van der Waals surface area contributed by atoms with Gasteiger partial charge in [-0.25, -0.2) is 9.36 Å². The van der Waals surface area contributed by atoms with E-state index in [1.807, 2.05) is 28.3 Å². The maximum Gasteiger partial charge on any atom is 0.355 e. The minimum absolute atomic E-state index is 0.0826. The first kappa shape index (κ1) is 32.0. The van der Waals surface area contributed by atoms with Gasteiger partial charge in [0.15, 0.2) is 6.54 Å². The lowest BCUT2D eigenvalue weighted by molar-refractivity contribution is -0.717. The lowest BCUT2D eigenvalue weighted by Gasteiger charge is -2.46. The number of hydrogen-bond donors (Lipinski definition) is 2. The van der Waals surface area contributed by atoms with Gasteiger partial charge in [-0.05, 0) is 42.8 Å². The third-order valence-electron chi connectivity index (χ3n) is 7.88. The van der Waals surface area contributed by atoms with Gasteiger partial charge in [-0.3, -0.25) is 19.7 Å². The van der Waals surface area contributed by atoms with Crippen molar-refractivity contribution in [3.8, 4) is 0 Å². The minimum Gasteiger partial charge on any atom is -0.456 e. The van der Waals surface area contributed by atoms with Gasteiger partial charge in [0.05, 0.1) is 27.9 Å². The molecule has 2 amide bonds. The van der Waals surface area contributed by atoms with E-state index >= 15 is 0 Å². The number of imidazole rings is 1. The van der Waals surface area contributed by atoms with E-state index < -0.39 is 29.0 Å². The first-order chi connectivity index (χ1) is 21.6. The second-order valence-electron chi connectivity index (χ2n) is 10.7. The number of ether oxygens (including phenoxy) is 1. The number of thiazole rings is 1. The normalized spacial score (nSPS) is 19.6. The number of aliphatic hydroxyl groups is 1. The lowest BCUT2D eigenvalue weighted by atomic mass is 9.77. The summed E-state index contributed by atoms with van der Waals surface area (Å²) in [4.78, 5) is 55.5. The fraction of sp³-hybridized carbons (Fsp3) is 0.429. The smallest absolute Gasteiger partial charge is 0.355 e. The number of nitrogens with zero attached hydrogens (tertiary/aromatic N) is 7. The Morgan fingerprint density at radius 2 is 2.09 bits per heavy atom. The van der Waals surface area contributed by atoms with Gasteiger partial charge in [0.25, 0.3) is 17.9 Å². The molecule has 0 unspecified atom stereocenters. The number of rotatable bonds is 13. The van der Waals surface area contributed by atoms with E-state index in [1.54, 1.807) is 13.3 Å². The van der Waals surface area contributed by atoms with Crippen LogP contribution in [0.3, 0.4) is 0 Å². The number of nitro groups is 1. The van der Waals surface area contributed by atoms with Crippen LogP contribution in [-0.2, 0) is 32.3 Å². The Labute approximate surface area is 265 Å². The summed E-state index contributed by atoms with van der Waals surface area (Å²) in [5, 5.41) is 28.4. The zero-order valence-electron chi connectivity index (χ0n) is 24.7. The molecule has 2 N–H and O–H groups in total. The summed E-state index contributed by atoms with van der Waals surface area (Å²) in [7, 11) is 0. The van der Waals surface area contributed by atoms with Crippen molar-refractivity contribution in [2.45, 2.75) is 50.6 Å². The quantitative estimate of drug-likeness (QED) is 0.0268. The number of hydrogen-bond acceptors (Lipinski definition) is 10. The molecule has 236 valence electrons. The molecule has 1 saturated heterocycles. The molecule has 0 spiro atoms. The molecular formula is C28H31N8O7S2+. The standard InChI is InChI=1S/C28H30N8O7S2/c1-15-21(19-11-33-14-34(26(44-3)27(33)45-19)12-20(38)30-9-4-10-31-32-29)24(35-23(15)22(16(2)37)25(35)39)28(40)43-13-17-5-7-18(8-6-17)36(41)42/h5-8,11,14-16,22-23,37H,4,9-10,12-13H2,1-3H3/p+1/t15-,16+,22+,23+/m0/s1. The van der Waals surface area contributed by atoms with Crippen molar-refractivity contribution in [3.05, 3.63) is 73.5 Å². The Bertz CT molecular complexity index is 1740. The summed E-state index contributed by atoms with van der Waals surface area (Å²) < 4.78 is 9.33. The van der Waals surface area contributed by atoms with E-state index in [0.717, 1.165) is 14.7 Å². The van der Waals surface area contributed by atoms with Crippen LogP contribution in [0, 0.1) is 22.0 Å². The molecule has 1 aromatic carbocycles. The first-order valence-corrected chi connectivity index (χ1v) is 16.1. The predicted octanol–water partition coefficient (Wildman–Crippen LogP) is 3.05. The molecule has 0 bridgehead atoms. The van der Waals surface area contributed by atoms with Crippen molar-refractivity contribution in [1.82, 2.24) is 14.6 Å². The molecule has 17 heteroatoms. The number of nitro benzene ring substituents is 1. The van der Waals surface area contributed by atoms with E-state index in [4.69, 9.17) is 10.3 Å². The van der Waals surface area contributed by atoms with Crippen molar-refractivity contribution in [1.29, 1.82) is 0 Å². The van der Waals surface area contributed by atoms with Crippen LogP contribution in [0.5, 0.6) is 0 Å². The Balaban J connectivity index is 1.42. The monoisotopic (exact) mass is 655 g/mol. The lowest BCUT2D eigenvalue weighted by Crippen LogP contribution is -2.63. The highest BCUT2D eigenvalue weighted by Crippen LogP contribution is 2.52. The third kappa shape index (κ3) is 6.11. The Hall–Kier alpha value is -4.44. The van der Waals surface area contributed by atoms with Gasteiger partial charge >= 0.3 is 5.97 Å². The Kier molecular flexibility index (Phi) is 9.43. The van der Waals surface area contributed by atoms with E-state index in [-0.39, 0.29) is 42.3 Å². The fourth-order valence-electron chi connectivity index (χ4n) is 5.82. The van der Waals surface area contributed by atoms with E-state index in [9.17, 15) is 29.6 Å². The van der Waals surface area contributed by atoms with Crippen molar-refractivity contribution < 1.29 is 33.7 Å². The SMILES string of the molecule is CSc1c2sc(C3=C(C(=O)OCc4ccc([N+](=O)[O-])cc4)N4C(=O)[C@H]([C@@H](C)O)[C@H]4[C@H]3C)cn2c[n+]1CC(=O)NCCCN=[N+]=[N-].